The van der Waals surface area contributed by atoms with Crippen molar-refractivity contribution in [3.05, 3.63) is 23.9 Å². The molecular formula is C16H28BN3O2. The van der Waals surface area contributed by atoms with Crippen LogP contribution in [0.25, 0.3) is 6.08 Å². The SMILES string of the molecule is CC(C)C(C)(C)OB(N)/C=C/c1ccn(C2CCCCO2)n1. The van der Waals surface area contributed by atoms with Crippen LogP contribution in [0.3, 0.4) is 0 Å². The molecule has 0 saturated carbocycles. The number of rotatable bonds is 6. The van der Waals surface area contributed by atoms with E-state index in [0.29, 0.717) is 5.92 Å². The zero-order valence-electron chi connectivity index (χ0n) is 14.2. The van der Waals surface area contributed by atoms with Gasteiger partial charge in [-0.25, -0.2) is 4.68 Å². The molecule has 1 fully saturated rings. The van der Waals surface area contributed by atoms with E-state index in [4.69, 9.17) is 15.0 Å². The van der Waals surface area contributed by atoms with E-state index >= 15 is 0 Å². The summed E-state index contributed by atoms with van der Waals surface area (Å²) < 4.78 is 13.5. The first-order valence-electron chi connectivity index (χ1n) is 8.17. The van der Waals surface area contributed by atoms with Crippen molar-refractivity contribution < 1.29 is 9.39 Å². The maximum atomic E-state index is 6.03. The molecule has 2 rings (SSSR count). The van der Waals surface area contributed by atoms with Gasteiger partial charge in [0.05, 0.1) is 5.69 Å². The van der Waals surface area contributed by atoms with Crippen LogP contribution in [-0.2, 0) is 9.39 Å². The Balaban J connectivity index is 1.91. The van der Waals surface area contributed by atoms with Crippen molar-refractivity contribution >= 4 is 13.1 Å². The highest BCUT2D eigenvalue weighted by Crippen LogP contribution is 2.22. The van der Waals surface area contributed by atoms with E-state index in [2.05, 4.69) is 32.8 Å². The minimum atomic E-state index is -0.437. The molecule has 0 radical (unpaired) electrons. The molecule has 1 aliphatic heterocycles. The molecule has 2 heterocycles. The predicted octanol–water partition coefficient (Wildman–Crippen LogP) is 3.03. The fraction of sp³-hybridized carbons (Fsp3) is 0.688. The molecule has 1 aliphatic rings. The highest BCUT2D eigenvalue weighted by atomic mass is 16.5. The van der Waals surface area contributed by atoms with Crippen molar-refractivity contribution in [1.82, 2.24) is 9.78 Å². The van der Waals surface area contributed by atoms with E-state index in [1.807, 2.05) is 29.0 Å². The monoisotopic (exact) mass is 305 g/mol. The summed E-state index contributed by atoms with van der Waals surface area (Å²) in [6, 6.07) is 1.97. The quantitative estimate of drug-likeness (QED) is 0.821. The Labute approximate surface area is 134 Å². The second kappa shape index (κ2) is 7.44. The molecule has 6 heteroatoms. The fourth-order valence-corrected chi connectivity index (χ4v) is 2.25. The number of aromatic nitrogens is 2. The largest absolute Gasteiger partial charge is 0.413 e. The van der Waals surface area contributed by atoms with Gasteiger partial charge >= 0.3 is 7.05 Å². The number of ether oxygens (including phenoxy) is 1. The Hall–Kier alpha value is -1.11. The van der Waals surface area contributed by atoms with Gasteiger partial charge in [-0.2, -0.15) is 5.10 Å². The molecule has 0 spiro atoms. The van der Waals surface area contributed by atoms with Gasteiger partial charge in [-0.1, -0.05) is 19.8 Å². The summed E-state index contributed by atoms with van der Waals surface area (Å²) in [6.07, 6.45) is 7.29. The average molecular weight is 305 g/mol. The van der Waals surface area contributed by atoms with Gasteiger partial charge < -0.3 is 15.0 Å². The number of hydrogen-bond donors (Lipinski definition) is 1. The Morgan fingerprint density at radius 2 is 2.27 bits per heavy atom. The van der Waals surface area contributed by atoms with Gasteiger partial charge in [0.25, 0.3) is 0 Å². The number of hydrogen-bond acceptors (Lipinski definition) is 4. The molecule has 5 nitrogen and oxygen atoms in total. The summed E-state index contributed by atoms with van der Waals surface area (Å²) in [5.74, 6) is 2.24. The molecule has 22 heavy (non-hydrogen) atoms. The van der Waals surface area contributed by atoms with Crippen LogP contribution in [-0.4, -0.2) is 29.0 Å². The zero-order chi connectivity index (χ0) is 16.2. The van der Waals surface area contributed by atoms with Crippen molar-refractivity contribution in [3.63, 3.8) is 0 Å². The Bertz CT molecular complexity index is 493. The van der Waals surface area contributed by atoms with Crippen LogP contribution in [0.2, 0.25) is 0 Å². The lowest BCUT2D eigenvalue weighted by atomic mass is 9.81. The number of nitrogens with two attached hydrogens (primary N) is 1. The fourth-order valence-electron chi connectivity index (χ4n) is 2.25. The molecule has 0 amide bonds. The Morgan fingerprint density at radius 1 is 1.50 bits per heavy atom. The highest BCUT2D eigenvalue weighted by molar-refractivity contribution is 6.55. The van der Waals surface area contributed by atoms with E-state index in [1.54, 1.807) is 0 Å². The molecule has 122 valence electrons. The highest BCUT2D eigenvalue weighted by Gasteiger charge is 2.26. The number of nitrogens with zero attached hydrogens (tertiary/aromatic N) is 2. The first-order chi connectivity index (χ1) is 10.4. The van der Waals surface area contributed by atoms with Crippen LogP contribution in [0, 0.1) is 5.92 Å². The summed E-state index contributed by atoms with van der Waals surface area (Å²) in [6.45, 7) is 9.18. The minimum absolute atomic E-state index is 0.0701. The van der Waals surface area contributed by atoms with Crippen LogP contribution in [0.4, 0.5) is 0 Å². The van der Waals surface area contributed by atoms with E-state index in [-0.39, 0.29) is 11.8 Å². The lowest BCUT2D eigenvalue weighted by Crippen LogP contribution is -2.41. The van der Waals surface area contributed by atoms with Gasteiger partial charge in [0, 0.05) is 18.4 Å². The van der Waals surface area contributed by atoms with E-state index in [1.165, 1.54) is 6.42 Å². The first kappa shape index (κ1) is 17.3. The zero-order valence-corrected chi connectivity index (χ0v) is 14.2. The summed E-state index contributed by atoms with van der Waals surface area (Å²) in [5.41, 5.74) is 6.65. The lowest BCUT2D eigenvalue weighted by Gasteiger charge is -2.31. The van der Waals surface area contributed by atoms with Gasteiger partial charge in [-0.05, 0) is 51.2 Å². The van der Waals surface area contributed by atoms with Crippen molar-refractivity contribution in [2.75, 3.05) is 6.61 Å². The Morgan fingerprint density at radius 3 is 2.91 bits per heavy atom. The molecule has 2 N–H and O–H groups in total. The molecular weight excluding hydrogens is 277 g/mol. The minimum Gasteiger partial charge on any atom is -0.413 e. The van der Waals surface area contributed by atoms with E-state index < -0.39 is 7.05 Å². The van der Waals surface area contributed by atoms with Gasteiger partial charge in [0.15, 0.2) is 0 Å². The van der Waals surface area contributed by atoms with Gasteiger partial charge in [0.2, 0.25) is 0 Å². The molecule has 1 unspecified atom stereocenters. The normalized spacial score (nSPS) is 20.0. The third kappa shape index (κ3) is 4.70. The third-order valence-electron chi connectivity index (χ3n) is 4.37. The predicted molar refractivity (Wildman–Crippen MR) is 90.0 cm³/mol. The maximum Gasteiger partial charge on any atom is 0.405 e. The van der Waals surface area contributed by atoms with Gasteiger partial charge in [0.1, 0.15) is 6.23 Å². The molecule has 1 saturated heterocycles. The second-order valence-corrected chi connectivity index (χ2v) is 6.74. The summed E-state index contributed by atoms with van der Waals surface area (Å²) in [5, 5.41) is 4.53. The summed E-state index contributed by atoms with van der Waals surface area (Å²) >= 11 is 0. The van der Waals surface area contributed by atoms with Crippen LogP contribution in [0.1, 0.15) is 58.9 Å². The average Bonchev–Trinajstić information content (AvgIpc) is 2.94. The molecule has 1 aromatic heterocycles. The molecule has 0 aromatic carbocycles. The van der Waals surface area contributed by atoms with Crippen molar-refractivity contribution in [2.45, 2.75) is 58.8 Å². The topological polar surface area (TPSA) is 62.3 Å². The van der Waals surface area contributed by atoms with Crippen LogP contribution >= 0.6 is 0 Å². The second-order valence-electron chi connectivity index (χ2n) is 6.74. The van der Waals surface area contributed by atoms with Gasteiger partial charge in [-0.15, -0.1) is 0 Å². The Kier molecular flexibility index (Phi) is 5.84. The maximum absolute atomic E-state index is 6.03. The van der Waals surface area contributed by atoms with Crippen molar-refractivity contribution in [3.8, 4) is 0 Å². The van der Waals surface area contributed by atoms with Crippen molar-refractivity contribution in [1.29, 1.82) is 0 Å². The molecule has 1 aromatic rings. The van der Waals surface area contributed by atoms with E-state index in [0.717, 1.165) is 25.1 Å². The van der Waals surface area contributed by atoms with Crippen LogP contribution < -0.4 is 5.64 Å². The summed E-state index contributed by atoms with van der Waals surface area (Å²) in [7, 11) is -0.437. The lowest BCUT2D eigenvalue weighted by molar-refractivity contribution is -0.0395. The third-order valence-corrected chi connectivity index (χ3v) is 4.37. The molecule has 1 atom stereocenters. The molecule has 0 bridgehead atoms. The smallest absolute Gasteiger partial charge is 0.405 e. The first-order valence-corrected chi connectivity index (χ1v) is 8.17. The van der Waals surface area contributed by atoms with Crippen LogP contribution in [0.5, 0.6) is 0 Å². The molecule has 0 aliphatic carbocycles. The standard InChI is InChI=1S/C16H28BN3O2/c1-13(2)16(3,4)22-17(18)10-8-14-9-11-20(19-14)15-7-5-6-12-21-15/h8-11,13,15H,5-7,12,18H2,1-4H3/b10-8+. The van der Waals surface area contributed by atoms with Gasteiger partial charge in [-0.3, -0.25) is 0 Å². The van der Waals surface area contributed by atoms with E-state index in [9.17, 15) is 0 Å². The van der Waals surface area contributed by atoms with Crippen molar-refractivity contribution in [2.24, 2.45) is 11.6 Å². The summed E-state index contributed by atoms with van der Waals surface area (Å²) in [4.78, 5) is 0. The van der Waals surface area contributed by atoms with Crippen LogP contribution in [0.15, 0.2) is 18.2 Å².